The lowest BCUT2D eigenvalue weighted by atomic mass is 10.1. The second kappa shape index (κ2) is 6.87. The fourth-order valence-corrected chi connectivity index (χ4v) is 2.88. The second-order valence-corrected chi connectivity index (χ2v) is 6.18. The summed E-state index contributed by atoms with van der Waals surface area (Å²) in [7, 11) is 0. The summed E-state index contributed by atoms with van der Waals surface area (Å²) in [6, 6.07) is 3.62. The minimum Gasteiger partial charge on any atom is -0.392 e. The molecular formula is C16H23F3N2O. The molecule has 1 aromatic rings. The van der Waals surface area contributed by atoms with Gasteiger partial charge < -0.3 is 10.0 Å². The van der Waals surface area contributed by atoms with Crippen molar-refractivity contribution in [3.8, 4) is 0 Å². The van der Waals surface area contributed by atoms with Crippen molar-refractivity contribution >= 4 is 5.69 Å². The number of benzene rings is 1. The molecule has 2 rings (SSSR count). The van der Waals surface area contributed by atoms with Crippen molar-refractivity contribution < 1.29 is 18.3 Å². The molecule has 1 aliphatic rings. The third-order valence-corrected chi connectivity index (χ3v) is 3.91. The lowest BCUT2D eigenvalue weighted by Crippen LogP contribution is -2.47. The van der Waals surface area contributed by atoms with Gasteiger partial charge in [0.2, 0.25) is 0 Å². The highest BCUT2D eigenvalue weighted by Gasteiger charge is 2.31. The van der Waals surface area contributed by atoms with Gasteiger partial charge in [-0.15, -0.1) is 0 Å². The predicted octanol–water partition coefficient (Wildman–Crippen LogP) is 2.98. The van der Waals surface area contributed by atoms with Crippen LogP contribution in [0.2, 0.25) is 0 Å². The quantitative estimate of drug-likeness (QED) is 0.925. The van der Waals surface area contributed by atoms with Gasteiger partial charge in [0, 0.05) is 44.0 Å². The zero-order valence-corrected chi connectivity index (χ0v) is 13.0. The Labute approximate surface area is 129 Å². The van der Waals surface area contributed by atoms with E-state index >= 15 is 0 Å². The maximum atomic E-state index is 12.7. The minimum absolute atomic E-state index is 0.340. The lowest BCUT2D eigenvalue weighted by molar-refractivity contribution is -0.137. The van der Waals surface area contributed by atoms with E-state index in [0.29, 0.717) is 17.2 Å². The molecule has 0 aliphatic carbocycles. The Balaban J connectivity index is 2.10. The number of aliphatic hydroxyl groups is 1. The van der Waals surface area contributed by atoms with E-state index in [1.165, 1.54) is 6.07 Å². The number of halogens is 3. The van der Waals surface area contributed by atoms with Gasteiger partial charge in [0.05, 0.1) is 12.2 Å². The minimum atomic E-state index is -4.38. The number of anilines is 1. The molecule has 0 spiro atoms. The summed E-state index contributed by atoms with van der Waals surface area (Å²) in [6.45, 7) is 8.32. The molecule has 22 heavy (non-hydrogen) atoms. The van der Waals surface area contributed by atoms with E-state index in [-0.39, 0.29) is 6.61 Å². The van der Waals surface area contributed by atoms with Crippen molar-refractivity contribution in [3.05, 3.63) is 29.3 Å². The highest BCUT2D eigenvalue weighted by atomic mass is 19.4. The van der Waals surface area contributed by atoms with Gasteiger partial charge in [0.15, 0.2) is 0 Å². The topological polar surface area (TPSA) is 26.7 Å². The van der Waals surface area contributed by atoms with E-state index < -0.39 is 11.7 Å². The molecule has 0 radical (unpaired) electrons. The Kier molecular flexibility index (Phi) is 5.34. The van der Waals surface area contributed by atoms with Crippen LogP contribution in [-0.2, 0) is 12.8 Å². The van der Waals surface area contributed by atoms with Gasteiger partial charge in [-0.05, 0) is 24.1 Å². The highest BCUT2D eigenvalue weighted by Crippen LogP contribution is 2.33. The average Bonchev–Trinajstić information content (AvgIpc) is 2.46. The molecule has 3 nitrogen and oxygen atoms in total. The zero-order valence-electron chi connectivity index (χ0n) is 13.0. The molecule has 1 N–H and O–H groups in total. The number of alkyl halides is 3. The van der Waals surface area contributed by atoms with Gasteiger partial charge in [-0.1, -0.05) is 13.8 Å². The molecule has 0 aromatic heterocycles. The Morgan fingerprint density at radius 1 is 1.14 bits per heavy atom. The van der Waals surface area contributed by atoms with Crippen LogP contribution in [0.1, 0.15) is 25.0 Å². The summed E-state index contributed by atoms with van der Waals surface area (Å²) >= 11 is 0. The third kappa shape index (κ3) is 4.14. The summed E-state index contributed by atoms with van der Waals surface area (Å²) in [5.41, 5.74) is 0.338. The number of aliphatic hydroxyl groups excluding tert-OH is 1. The highest BCUT2D eigenvalue weighted by molar-refractivity contribution is 5.55. The van der Waals surface area contributed by atoms with Crippen LogP contribution in [0.3, 0.4) is 0 Å². The van der Waals surface area contributed by atoms with Crippen LogP contribution in [0.15, 0.2) is 18.2 Å². The van der Waals surface area contributed by atoms with Crippen LogP contribution in [-0.4, -0.2) is 42.7 Å². The number of nitrogens with zero attached hydrogens (tertiary/aromatic N) is 2. The van der Waals surface area contributed by atoms with Gasteiger partial charge in [-0.3, -0.25) is 4.90 Å². The maximum Gasteiger partial charge on any atom is 0.416 e. The summed E-state index contributed by atoms with van der Waals surface area (Å²) in [5, 5.41) is 9.41. The van der Waals surface area contributed by atoms with Crippen molar-refractivity contribution in [2.75, 3.05) is 37.6 Å². The molecule has 0 unspecified atom stereocenters. The van der Waals surface area contributed by atoms with E-state index in [9.17, 15) is 18.3 Å². The Hall–Kier alpha value is -1.27. The molecular weight excluding hydrogens is 293 g/mol. The maximum absolute atomic E-state index is 12.7. The van der Waals surface area contributed by atoms with Crippen molar-refractivity contribution in [1.29, 1.82) is 0 Å². The normalized spacial score (nSPS) is 17.3. The van der Waals surface area contributed by atoms with Crippen LogP contribution in [0.4, 0.5) is 18.9 Å². The first-order chi connectivity index (χ1) is 10.3. The molecule has 1 saturated heterocycles. The van der Waals surface area contributed by atoms with E-state index in [2.05, 4.69) is 23.6 Å². The summed E-state index contributed by atoms with van der Waals surface area (Å²) in [5.74, 6) is 0.602. The molecule has 6 heteroatoms. The first-order valence-electron chi connectivity index (χ1n) is 7.59. The van der Waals surface area contributed by atoms with Crippen molar-refractivity contribution in [3.63, 3.8) is 0 Å². The van der Waals surface area contributed by atoms with Gasteiger partial charge in [-0.2, -0.15) is 13.2 Å². The smallest absolute Gasteiger partial charge is 0.392 e. The van der Waals surface area contributed by atoms with Gasteiger partial charge in [0.25, 0.3) is 0 Å². The van der Waals surface area contributed by atoms with Crippen LogP contribution in [0, 0.1) is 5.92 Å². The fourth-order valence-electron chi connectivity index (χ4n) is 2.88. The average molecular weight is 316 g/mol. The van der Waals surface area contributed by atoms with Crippen molar-refractivity contribution in [1.82, 2.24) is 4.90 Å². The number of rotatable bonds is 4. The number of hydrogen-bond donors (Lipinski definition) is 1. The molecule has 1 aliphatic heterocycles. The lowest BCUT2D eigenvalue weighted by Gasteiger charge is -2.37. The third-order valence-electron chi connectivity index (χ3n) is 3.91. The first-order valence-corrected chi connectivity index (χ1v) is 7.59. The van der Waals surface area contributed by atoms with Crippen LogP contribution in [0.25, 0.3) is 0 Å². The SMILES string of the molecule is CC(C)CN1CCN(c2ccc(C(F)(F)F)cc2CO)CC1. The van der Waals surface area contributed by atoms with E-state index in [0.717, 1.165) is 44.9 Å². The van der Waals surface area contributed by atoms with Crippen molar-refractivity contribution in [2.24, 2.45) is 5.92 Å². The van der Waals surface area contributed by atoms with Gasteiger partial charge in [-0.25, -0.2) is 0 Å². The van der Waals surface area contributed by atoms with Crippen LogP contribution >= 0.6 is 0 Å². The summed E-state index contributed by atoms with van der Waals surface area (Å²) in [6.07, 6.45) is -4.38. The van der Waals surface area contributed by atoms with Crippen LogP contribution in [0.5, 0.6) is 0 Å². The summed E-state index contributed by atoms with van der Waals surface area (Å²) in [4.78, 5) is 4.42. The van der Waals surface area contributed by atoms with Crippen molar-refractivity contribution in [2.45, 2.75) is 26.6 Å². The molecule has 0 saturated carbocycles. The second-order valence-electron chi connectivity index (χ2n) is 6.18. The molecule has 0 atom stereocenters. The summed E-state index contributed by atoms with van der Waals surface area (Å²) < 4.78 is 38.2. The number of hydrogen-bond acceptors (Lipinski definition) is 3. The Bertz CT molecular complexity index is 495. The zero-order chi connectivity index (χ0) is 16.3. The monoisotopic (exact) mass is 316 g/mol. The molecule has 0 amide bonds. The standard InChI is InChI=1S/C16H23F3N2O/c1-12(2)10-20-5-7-21(8-6-20)15-4-3-14(16(17,18)19)9-13(15)11-22/h3-4,9,12,22H,5-8,10-11H2,1-2H3. The number of piperazine rings is 1. The van der Waals surface area contributed by atoms with E-state index in [1.807, 2.05) is 0 Å². The molecule has 0 bridgehead atoms. The molecule has 1 aromatic carbocycles. The Morgan fingerprint density at radius 3 is 2.27 bits per heavy atom. The predicted molar refractivity (Wildman–Crippen MR) is 80.9 cm³/mol. The molecule has 1 fully saturated rings. The van der Waals surface area contributed by atoms with E-state index in [4.69, 9.17) is 0 Å². The van der Waals surface area contributed by atoms with E-state index in [1.54, 1.807) is 0 Å². The van der Waals surface area contributed by atoms with Crippen LogP contribution < -0.4 is 4.90 Å². The molecule has 124 valence electrons. The largest absolute Gasteiger partial charge is 0.416 e. The van der Waals surface area contributed by atoms with Gasteiger partial charge in [0.1, 0.15) is 0 Å². The Morgan fingerprint density at radius 2 is 1.77 bits per heavy atom. The van der Waals surface area contributed by atoms with Gasteiger partial charge >= 0.3 is 6.18 Å². The fraction of sp³-hybridized carbons (Fsp3) is 0.625. The first kappa shape index (κ1) is 17.1. The molecule has 1 heterocycles.